The van der Waals surface area contributed by atoms with Crippen LogP contribution in [0.2, 0.25) is 0 Å². The number of aromatic nitrogens is 3. The molecule has 0 bridgehead atoms. The first-order valence-electron chi connectivity index (χ1n) is 4.98. The van der Waals surface area contributed by atoms with Crippen molar-refractivity contribution in [3.8, 4) is 0 Å². The number of nitrogens with zero attached hydrogens (tertiary/aromatic N) is 2. The molecule has 5 nitrogen and oxygen atoms in total. The molecule has 0 saturated carbocycles. The smallest absolute Gasteiger partial charge is 0.378 e. The summed E-state index contributed by atoms with van der Waals surface area (Å²) in [5.41, 5.74) is 0. The van der Waals surface area contributed by atoms with Crippen LogP contribution in [0.1, 0.15) is 35.7 Å². The molecule has 1 aliphatic rings. The third kappa shape index (κ3) is 2.31. The first-order chi connectivity index (χ1) is 7.31. The van der Waals surface area contributed by atoms with Gasteiger partial charge in [0.15, 0.2) is 0 Å². The number of nitrogens with one attached hydrogen (secondary N) is 1. The van der Waals surface area contributed by atoms with Crippen molar-refractivity contribution in [2.75, 3.05) is 18.1 Å². The highest BCUT2D eigenvalue weighted by molar-refractivity contribution is 7.99. The molecule has 0 spiro atoms. The second kappa shape index (κ2) is 4.65. The van der Waals surface area contributed by atoms with E-state index in [2.05, 4.69) is 15.2 Å². The Hall–Kier alpha value is -1.04. The maximum absolute atomic E-state index is 11.3. The molecular weight excluding hydrogens is 214 g/mol. The van der Waals surface area contributed by atoms with Gasteiger partial charge in [-0.1, -0.05) is 0 Å². The fraction of sp³-hybridized carbons (Fsp3) is 0.667. The molecule has 15 heavy (non-hydrogen) atoms. The van der Waals surface area contributed by atoms with Crippen LogP contribution in [0.4, 0.5) is 0 Å². The zero-order valence-electron chi connectivity index (χ0n) is 8.52. The molecule has 0 aromatic carbocycles. The number of thioether (sulfide) groups is 1. The summed E-state index contributed by atoms with van der Waals surface area (Å²) in [6.45, 7) is 2.11. The summed E-state index contributed by atoms with van der Waals surface area (Å²) in [5.74, 6) is 3.11. The molecule has 6 heteroatoms. The number of carbonyl (C=O) groups is 1. The lowest BCUT2D eigenvalue weighted by atomic mass is 10.1. The molecule has 1 aromatic heterocycles. The fourth-order valence-electron chi connectivity index (χ4n) is 1.49. The van der Waals surface area contributed by atoms with E-state index in [4.69, 9.17) is 4.74 Å². The van der Waals surface area contributed by atoms with Gasteiger partial charge in [-0.3, -0.25) is 5.10 Å². The summed E-state index contributed by atoms with van der Waals surface area (Å²) in [7, 11) is 0. The van der Waals surface area contributed by atoms with Crippen molar-refractivity contribution in [3.63, 3.8) is 0 Å². The van der Waals surface area contributed by atoms with E-state index in [-0.39, 0.29) is 5.82 Å². The van der Waals surface area contributed by atoms with E-state index in [9.17, 15) is 4.79 Å². The van der Waals surface area contributed by atoms with Crippen molar-refractivity contribution in [2.24, 2.45) is 0 Å². The third-order valence-electron chi connectivity index (χ3n) is 2.28. The van der Waals surface area contributed by atoms with Gasteiger partial charge in [-0.25, -0.2) is 9.78 Å². The second-order valence-electron chi connectivity index (χ2n) is 3.33. The summed E-state index contributed by atoms with van der Waals surface area (Å²) in [6, 6.07) is 0. The Kier molecular flexibility index (Phi) is 3.25. The van der Waals surface area contributed by atoms with Gasteiger partial charge in [0.05, 0.1) is 6.61 Å². The van der Waals surface area contributed by atoms with Gasteiger partial charge in [-0.15, -0.1) is 5.10 Å². The van der Waals surface area contributed by atoms with Crippen molar-refractivity contribution >= 4 is 17.7 Å². The van der Waals surface area contributed by atoms with Crippen LogP contribution in [-0.4, -0.2) is 39.3 Å². The Balaban J connectivity index is 2.06. The Morgan fingerprint density at radius 3 is 3.27 bits per heavy atom. The highest BCUT2D eigenvalue weighted by atomic mass is 32.2. The number of rotatable bonds is 3. The maximum atomic E-state index is 11.3. The van der Waals surface area contributed by atoms with Crippen molar-refractivity contribution in [2.45, 2.75) is 19.3 Å². The number of aromatic amines is 1. The number of ether oxygens (including phenoxy) is 1. The minimum atomic E-state index is -0.453. The van der Waals surface area contributed by atoms with Gasteiger partial charge in [0.25, 0.3) is 5.82 Å². The van der Waals surface area contributed by atoms with Crippen molar-refractivity contribution < 1.29 is 9.53 Å². The van der Waals surface area contributed by atoms with Crippen LogP contribution in [0.15, 0.2) is 0 Å². The minimum Gasteiger partial charge on any atom is -0.460 e. The van der Waals surface area contributed by atoms with E-state index in [0.29, 0.717) is 12.5 Å². The summed E-state index contributed by atoms with van der Waals surface area (Å²) < 4.78 is 4.81. The first kappa shape index (κ1) is 10.5. The molecule has 1 aliphatic heterocycles. The number of H-pyrrole nitrogens is 1. The topological polar surface area (TPSA) is 67.9 Å². The van der Waals surface area contributed by atoms with E-state index in [0.717, 1.165) is 23.8 Å². The Labute approximate surface area is 92.0 Å². The average Bonchev–Trinajstić information content (AvgIpc) is 2.89. The van der Waals surface area contributed by atoms with Crippen LogP contribution in [0.25, 0.3) is 0 Å². The molecule has 82 valence electrons. The molecule has 0 amide bonds. The van der Waals surface area contributed by atoms with Gasteiger partial charge < -0.3 is 4.74 Å². The molecule has 2 rings (SSSR count). The molecule has 1 atom stereocenters. The van der Waals surface area contributed by atoms with Gasteiger partial charge >= 0.3 is 5.97 Å². The number of hydrogen-bond donors (Lipinski definition) is 1. The monoisotopic (exact) mass is 227 g/mol. The van der Waals surface area contributed by atoms with E-state index in [1.54, 1.807) is 6.92 Å². The lowest BCUT2D eigenvalue weighted by Gasteiger charge is -2.00. The lowest BCUT2D eigenvalue weighted by molar-refractivity contribution is 0.0512. The molecule has 2 heterocycles. The SMILES string of the molecule is CCOC(=O)c1n[nH]c(C2CCSC2)n1. The van der Waals surface area contributed by atoms with Gasteiger partial charge in [0.2, 0.25) is 0 Å². The Bertz CT molecular complexity index is 347. The molecule has 1 aromatic rings. The lowest BCUT2D eigenvalue weighted by Crippen LogP contribution is -2.07. The predicted octanol–water partition coefficient (Wildman–Crippen LogP) is 1.20. The van der Waals surface area contributed by atoms with Crippen LogP contribution in [-0.2, 0) is 4.74 Å². The molecule has 0 aliphatic carbocycles. The van der Waals surface area contributed by atoms with Crippen LogP contribution < -0.4 is 0 Å². The standard InChI is InChI=1S/C9H13N3O2S/c1-2-14-9(13)8-10-7(11-12-8)6-3-4-15-5-6/h6H,2-5H2,1H3,(H,10,11,12). The zero-order valence-corrected chi connectivity index (χ0v) is 9.34. The van der Waals surface area contributed by atoms with Crippen LogP contribution in [0.5, 0.6) is 0 Å². The largest absolute Gasteiger partial charge is 0.460 e. The summed E-state index contributed by atoms with van der Waals surface area (Å²) >= 11 is 1.90. The van der Waals surface area contributed by atoms with Gasteiger partial charge in [0.1, 0.15) is 5.82 Å². The Morgan fingerprint density at radius 2 is 2.60 bits per heavy atom. The summed E-state index contributed by atoms with van der Waals surface area (Å²) in [5, 5.41) is 6.67. The third-order valence-corrected chi connectivity index (χ3v) is 3.44. The highest BCUT2D eigenvalue weighted by Gasteiger charge is 2.23. The Morgan fingerprint density at radius 1 is 1.73 bits per heavy atom. The van der Waals surface area contributed by atoms with Crippen LogP contribution >= 0.6 is 11.8 Å². The minimum absolute atomic E-state index is 0.142. The van der Waals surface area contributed by atoms with E-state index in [1.165, 1.54) is 0 Å². The van der Waals surface area contributed by atoms with Crippen LogP contribution in [0.3, 0.4) is 0 Å². The number of carbonyl (C=O) groups excluding carboxylic acids is 1. The first-order valence-corrected chi connectivity index (χ1v) is 6.14. The fourth-order valence-corrected chi connectivity index (χ4v) is 2.72. The van der Waals surface area contributed by atoms with Crippen molar-refractivity contribution in [1.29, 1.82) is 0 Å². The number of hydrogen-bond acceptors (Lipinski definition) is 5. The van der Waals surface area contributed by atoms with Gasteiger partial charge in [0, 0.05) is 11.7 Å². The van der Waals surface area contributed by atoms with Gasteiger partial charge in [-0.05, 0) is 19.1 Å². The molecule has 1 fully saturated rings. The predicted molar refractivity (Wildman–Crippen MR) is 57.0 cm³/mol. The normalized spacial score (nSPS) is 20.5. The van der Waals surface area contributed by atoms with Crippen molar-refractivity contribution in [1.82, 2.24) is 15.2 Å². The maximum Gasteiger partial charge on any atom is 0.378 e. The zero-order chi connectivity index (χ0) is 10.7. The molecule has 0 radical (unpaired) electrons. The average molecular weight is 227 g/mol. The highest BCUT2D eigenvalue weighted by Crippen LogP contribution is 2.30. The molecular formula is C9H13N3O2S. The van der Waals surface area contributed by atoms with E-state index < -0.39 is 5.97 Å². The molecule has 1 saturated heterocycles. The van der Waals surface area contributed by atoms with E-state index >= 15 is 0 Å². The summed E-state index contributed by atoms with van der Waals surface area (Å²) in [6.07, 6.45) is 1.10. The molecule has 1 unspecified atom stereocenters. The molecule has 1 N–H and O–H groups in total. The van der Waals surface area contributed by atoms with E-state index in [1.807, 2.05) is 11.8 Å². The number of esters is 1. The summed E-state index contributed by atoms with van der Waals surface area (Å²) in [4.78, 5) is 15.5. The van der Waals surface area contributed by atoms with Crippen LogP contribution in [0, 0.1) is 0 Å². The van der Waals surface area contributed by atoms with Gasteiger partial charge in [-0.2, -0.15) is 11.8 Å². The quantitative estimate of drug-likeness (QED) is 0.786. The second-order valence-corrected chi connectivity index (χ2v) is 4.48. The van der Waals surface area contributed by atoms with Crippen molar-refractivity contribution in [3.05, 3.63) is 11.6 Å².